The van der Waals surface area contributed by atoms with Crippen molar-refractivity contribution in [1.82, 2.24) is 24.5 Å². The van der Waals surface area contributed by atoms with Crippen LogP contribution in [0.2, 0.25) is 0 Å². The largest absolute Gasteiger partial charge is 0.481 e. The molecular formula is C10H13N5O3. The first kappa shape index (κ1) is 12.1. The summed E-state index contributed by atoms with van der Waals surface area (Å²) < 4.78 is 2.97. The molecule has 0 amide bonds. The number of hydrogen-bond acceptors (Lipinski definition) is 4. The second kappa shape index (κ2) is 4.86. The highest BCUT2D eigenvalue weighted by molar-refractivity contribution is 5.66. The van der Waals surface area contributed by atoms with E-state index in [9.17, 15) is 9.59 Å². The van der Waals surface area contributed by atoms with Gasteiger partial charge < -0.3 is 5.11 Å². The van der Waals surface area contributed by atoms with E-state index >= 15 is 0 Å². The predicted octanol–water partition coefficient (Wildman–Crippen LogP) is -0.148. The van der Waals surface area contributed by atoms with Crippen molar-refractivity contribution >= 4 is 5.97 Å². The first-order chi connectivity index (χ1) is 8.59. The number of hydrogen-bond donors (Lipinski definition) is 2. The van der Waals surface area contributed by atoms with Crippen molar-refractivity contribution in [1.29, 1.82) is 0 Å². The number of H-pyrrole nitrogens is 1. The van der Waals surface area contributed by atoms with E-state index in [2.05, 4.69) is 15.3 Å². The van der Waals surface area contributed by atoms with Crippen LogP contribution in [-0.2, 0) is 11.3 Å². The molecular weight excluding hydrogens is 238 g/mol. The van der Waals surface area contributed by atoms with Crippen LogP contribution in [0.5, 0.6) is 0 Å². The summed E-state index contributed by atoms with van der Waals surface area (Å²) in [7, 11) is 0. The Hall–Kier alpha value is -2.38. The summed E-state index contributed by atoms with van der Waals surface area (Å²) in [6.07, 6.45) is 3.26. The molecule has 2 aromatic rings. The topological polar surface area (TPSA) is 106 Å². The molecule has 0 saturated carbocycles. The van der Waals surface area contributed by atoms with Crippen molar-refractivity contribution in [3.8, 4) is 0 Å². The second-order valence-electron chi connectivity index (χ2n) is 3.84. The molecule has 2 heterocycles. The summed E-state index contributed by atoms with van der Waals surface area (Å²) in [6, 6.07) is 1.52. The molecule has 0 spiro atoms. The lowest BCUT2D eigenvalue weighted by Crippen LogP contribution is -2.23. The van der Waals surface area contributed by atoms with Gasteiger partial charge >= 0.3 is 11.7 Å². The molecule has 8 nitrogen and oxygen atoms in total. The molecule has 18 heavy (non-hydrogen) atoms. The molecule has 2 rings (SSSR count). The summed E-state index contributed by atoms with van der Waals surface area (Å²) in [5.74, 6) is -0.495. The zero-order valence-corrected chi connectivity index (χ0v) is 9.78. The van der Waals surface area contributed by atoms with E-state index in [4.69, 9.17) is 5.11 Å². The molecule has 96 valence electrons. The van der Waals surface area contributed by atoms with Crippen molar-refractivity contribution in [2.24, 2.45) is 0 Å². The number of carboxylic acids is 1. The molecule has 0 bridgehead atoms. The third kappa shape index (κ3) is 2.31. The molecule has 1 atom stereocenters. The van der Waals surface area contributed by atoms with Gasteiger partial charge in [0.05, 0.1) is 6.42 Å². The lowest BCUT2D eigenvalue weighted by Gasteiger charge is -2.12. The molecule has 1 unspecified atom stereocenters. The van der Waals surface area contributed by atoms with Crippen molar-refractivity contribution in [2.45, 2.75) is 25.9 Å². The van der Waals surface area contributed by atoms with Gasteiger partial charge in [-0.2, -0.15) is 10.2 Å². The van der Waals surface area contributed by atoms with Crippen LogP contribution in [-0.4, -0.2) is 35.6 Å². The zero-order chi connectivity index (χ0) is 13.1. The maximum Gasteiger partial charge on any atom is 0.343 e. The fourth-order valence-electron chi connectivity index (χ4n) is 1.70. The molecule has 2 aromatic heterocycles. The van der Waals surface area contributed by atoms with Crippen LogP contribution in [0.15, 0.2) is 23.3 Å². The first-order valence-corrected chi connectivity index (χ1v) is 5.45. The van der Waals surface area contributed by atoms with Gasteiger partial charge in [0.2, 0.25) is 0 Å². The third-order valence-electron chi connectivity index (χ3n) is 2.63. The maximum absolute atomic E-state index is 11.5. The molecule has 0 aromatic carbocycles. The number of rotatable bonds is 5. The van der Waals surface area contributed by atoms with Crippen LogP contribution < -0.4 is 5.69 Å². The molecule has 0 saturated heterocycles. The van der Waals surface area contributed by atoms with Gasteiger partial charge in [-0.1, -0.05) is 0 Å². The minimum Gasteiger partial charge on any atom is -0.481 e. The fraction of sp³-hybridized carbons (Fsp3) is 0.400. The van der Waals surface area contributed by atoms with E-state index in [1.165, 1.54) is 4.57 Å². The minimum atomic E-state index is -0.958. The predicted molar refractivity (Wildman–Crippen MR) is 61.1 cm³/mol. The summed E-state index contributed by atoms with van der Waals surface area (Å²) in [6.45, 7) is 1.92. The van der Waals surface area contributed by atoms with E-state index in [1.807, 2.05) is 6.92 Å². The van der Waals surface area contributed by atoms with Crippen LogP contribution in [0, 0.1) is 0 Å². The summed E-state index contributed by atoms with van der Waals surface area (Å²) in [5.41, 5.74) is -0.412. The average Bonchev–Trinajstić information content (AvgIpc) is 2.95. The lowest BCUT2D eigenvalue weighted by atomic mass is 10.3. The zero-order valence-electron chi connectivity index (χ0n) is 9.78. The Bertz CT molecular complexity index is 583. The van der Waals surface area contributed by atoms with Crippen LogP contribution in [0.1, 0.15) is 25.2 Å². The van der Waals surface area contributed by atoms with E-state index < -0.39 is 11.7 Å². The van der Waals surface area contributed by atoms with E-state index in [1.54, 1.807) is 23.1 Å². The van der Waals surface area contributed by atoms with Gasteiger partial charge in [-0.15, -0.1) is 0 Å². The van der Waals surface area contributed by atoms with Gasteiger partial charge in [0.15, 0.2) is 5.82 Å². The fourth-order valence-corrected chi connectivity index (χ4v) is 1.70. The number of nitrogens with one attached hydrogen (secondary N) is 1. The summed E-state index contributed by atoms with van der Waals surface area (Å²) >= 11 is 0. The Morgan fingerprint density at radius 3 is 3.00 bits per heavy atom. The summed E-state index contributed by atoms with van der Waals surface area (Å²) in [4.78, 5) is 22.1. The number of nitrogens with zero attached hydrogens (tertiary/aromatic N) is 4. The minimum absolute atomic E-state index is 0.0889. The third-order valence-corrected chi connectivity index (χ3v) is 2.63. The normalized spacial score (nSPS) is 12.5. The van der Waals surface area contributed by atoms with Gasteiger partial charge in [-0.05, 0) is 13.0 Å². The molecule has 0 fully saturated rings. The summed E-state index contributed by atoms with van der Waals surface area (Å²) in [5, 5.41) is 19.0. The quantitative estimate of drug-likeness (QED) is 0.768. The SMILES string of the molecule is CC(c1n[nH]c(=O)n1CCC(=O)O)n1cccn1. The van der Waals surface area contributed by atoms with Crippen molar-refractivity contribution < 1.29 is 9.90 Å². The molecule has 0 radical (unpaired) electrons. The Morgan fingerprint density at radius 1 is 1.61 bits per heavy atom. The average molecular weight is 251 g/mol. The van der Waals surface area contributed by atoms with Crippen LogP contribution >= 0.6 is 0 Å². The van der Waals surface area contributed by atoms with E-state index in [0.29, 0.717) is 5.82 Å². The van der Waals surface area contributed by atoms with Crippen LogP contribution in [0.3, 0.4) is 0 Å². The van der Waals surface area contributed by atoms with Gasteiger partial charge in [0.1, 0.15) is 6.04 Å². The van der Waals surface area contributed by atoms with Gasteiger partial charge in [0, 0.05) is 18.9 Å². The lowest BCUT2D eigenvalue weighted by molar-refractivity contribution is -0.137. The van der Waals surface area contributed by atoms with Crippen molar-refractivity contribution in [2.75, 3.05) is 0 Å². The van der Waals surface area contributed by atoms with Crippen LogP contribution in [0.4, 0.5) is 0 Å². The molecule has 8 heteroatoms. The van der Waals surface area contributed by atoms with E-state index in [-0.39, 0.29) is 19.0 Å². The van der Waals surface area contributed by atoms with Crippen molar-refractivity contribution in [3.05, 3.63) is 34.8 Å². The van der Waals surface area contributed by atoms with Crippen molar-refractivity contribution in [3.63, 3.8) is 0 Å². The Labute approximate surface area is 102 Å². The molecule has 0 aliphatic heterocycles. The number of aliphatic carboxylic acids is 1. The van der Waals surface area contributed by atoms with Crippen LogP contribution in [0.25, 0.3) is 0 Å². The Morgan fingerprint density at radius 2 is 2.39 bits per heavy atom. The smallest absolute Gasteiger partial charge is 0.343 e. The molecule has 0 aliphatic rings. The highest BCUT2D eigenvalue weighted by Crippen LogP contribution is 2.12. The molecule has 2 N–H and O–H groups in total. The Balaban J connectivity index is 2.28. The van der Waals surface area contributed by atoms with Gasteiger partial charge in [-0.3, -0.25) is 14.0 Å². The number of aromatic nitrogens is 5. The highest BCUT2D eigenvalue weighted by atomic mass is 16.4. The highest BCUT2D eigenvalue weighted by Gasteiger charge is 2.17. The van der Waals surface area contributed by atoms with E-state index in [0.717, 1.165) is 0 Å². The number of carbonyl (C=O) groups is 1. The Kier molecular flexibility index (Phi) is 3.26. The first-order valence-electron chi connectivity index (χ1n) is 5.45. The second-order valence-corrected chi connectivity index (χ2v) is 3.84. The standard InChI is InChI=1S/C10H13N5O3/c1-7(15-5-2-4-11-15)9-12-13-10(18)14(9)6-3-8(16)17/h2,4-5,7H,3,6H2,1H3,(H,13,18)(H,16,17). The van der Waals surface area contributed by atoms with Gasteiger partial charge in [0.25, 0.3) is 0 Å². The van der Waals surface area contributed by atoms with Gasteiger partial charge in [-0.25, -0.2) is 9.89 Å². The maximum atomic E-state index is 11.5. The number of carboxylic acid groups (broad SMARTS) is 1. The monoisotopic (exact) mass is 251 g/mol. The number of aromatic amines is 1. The molecule has 0 aliphatic carbocycles.